The molecule has 0 amide bonds. The summed E-state index contributed by atoms with van der Waals surface area (Å²) < 4.78 is 6.92. The maximum Gasteiger partial charge on any atom is 0.196 e. The fraction of sp³-hybridized carbons (Fsp3) is 0.0968. The Labute approximate surface area is 225 Å². The molecule has 1 aliphatic rings. The van der Waals surface area contributed by atoms with Crippen molar-refractivity contribution in [1.82, 2.24) is 4.98 Å². The molecule has 37 heavy (non-hydrogen) atoms. The van der Waals surface area contributed by atoms with Crippen LogP contribution in [0.2, 0.25) is 5.02 Å². The summed E-state index contributed by atoms with van der Waals surface area (Å²) in [6.07, 6.45) is 7.70. The second-order valence-electron chi connectivity index (χ2n) is 8.88. The van der Waals surface area contributed by atoms with E-state index >= 15 is 0 Å². The first-order valence-electron chi connectivity index (χ1n) is 11.8. The van der Waals surface area contributed by atoms with E-state index in [1.54, 1.807) is 0 Å². The number of halogens is 1. The van der Waals surface area contributed by atoms with Crippen molar-refractivity contribution in [3.8, 4) is 0 Å². The van der Waals surface area contributed by atoms with Gasteiger partial charge < -0.3 is 9.64 Å². The van der Waals surface area contributed by atoms with E-state index in [0.717, 1.165) is 27.0 Å². The van der Waals surface area contributed by atoms with Gasteiger partial charge in [0.05, 0.1) is 15.8 Å². The molecule has 5 rings (SSSR count). The lowest BCUT2D eigenvalue weighted by Crippen LogP contribution is -2.08. The number of benzene rings is 3. The summed E-state index contributed by atoms with van der Waals surface area (Å²) in [5.41, 5.74) is 4.89. The van der Waals surface area contributed by atoms with Crippen LogP contribution in [0.25, 0.3) is 21.9 Å². The van der Waals surface area contributed by atoms with E-state index in [1.165, 1.54) is 11.3 Å². The average molecular weight is 525 g/mol. The van der Waals surface area contributed by atoms with Gasteiger partial charge in [0, 0.05) is 30.4 Å². The number of ether oxygens (including phenoxy) is 1. The molecule has 0 radical (unpaired) electrons. The Morgan fingerprint density at radius 3 is 2.46 bits per heavy atom. The van der Waals surface area contributed by atoms with Gasteiger partial charge in [0.15, 0.2) is 5.78 Å². The van der Waals surface area contributed by atoms with Gasteiger partial charge in [-0.25, -0.2) is 4.98 Å². The van der Waals surface area contributed by atoms with Crippen molar-refractivity contribution < 1.29 is 9.53 Å². The molecule has 0 aliphatic carbocycles. The van der Waals surface area contributed by atoms with Gasteiger partial charge in [-0.3, -0.25) is 4.79 Å². The molecule has 0 N–H and O–H groups in total. The first kappa shape index (κ1) is 24.8. The second-order valence-corrected chi connectivity index (χ2v) is 10.3. The van der Waals surface area contributed by atoms with Crippen molar-refractivity contribution >= 4 is 56.3 Å². The molecule has 1 aromatic heterocycles. The third-order valence-corrected chi connectivity index (χ3v) is 7.17. The van der Waals surface area contributed by atoms with Gasteiger partial charge in [-0.05, 0) is 66.6 Å². The molecule has 0 bridgehead atoms. The Morgan fingerprint density at radius 2 is 1.73 bits per heavy atom. The summed E-state index contributed by atoms with van der Waals surface area (Å²) in [4.78, 5) is 20.7. The highest BCUT2D eigenvalue weighted by molar-refractivity contribution is 7.20. The number of anilines is 1. The molecule has 0 atom stereocenters. The zero-order chi connectivity index (χ0) is 25.9. The first-order chi connectivity index (χ1) is 17.9. The number of fused-ring (bicyclic) bond motifs is 1. The predicted molar refractivity (Wildman–Crippen MR) is 155 cm³/mol. The predicted octanol–water partition coefficient (Wildman–Crippen LogP) is 8.18. The van der Waals surface area contributed by atoms with Gasteiger partial charge >= 0.3 is 0 Å². The van der Waals surface area contributed by atoms with Crippen LogP contribution in [-0.2, 0) is 4.74 Å². The Hall–Kier alpha value is -3.93. The number of carbonyl (C=O) groups is 1. The Bertz CT molecular complexity index is 1590. The van der Waals surface area contributed by atoms with Gasteiger partial charge in [0.25, 0.3) is 0 Å². The summed E-state index contributed by atoms with van der Waals surface area (Å²) >= 11 is 7.67. The van der Waals surface area contributed by atoms with Crippen LogP contribution < -0.4 is 4.90 Å². The number of carbonyl (C=O) groups excluding carboxylic acids is 1. The maximum atomic E-state index is 13.8. The Kier molecular flexibility index (Phi) is 7.08. The van der Waals surface area contributed by atoms with Crippen molar-refractivity contribution in [3.63, 3.8) is 0 Å². The lowest BCUT2D eigenvalue weighted by molar-refractivity contribution is 0.105. The number of ketones is 1. The van der Waals surface area contributed by atoms with E-state index in [1.807, 2.05) is 93.9 Å². The number of aromatic nitrogens is 1. The van der Waals surface area contributed by atoms with E-state index in [4.69, 9.17) is 21.3 Å². The topological polar surface area (TPSA) is 42.4 Å². The molecule has 0 saturated heterocycles. The van der Waals surface area contributed by atoms with Crippen LogP contribution in [0.5, 0.6) is 0 Å². The maximum absolute atomic E-state index is 13.8. The van der Waals surface area contributed by atoms with Crippen molar-refractivity contribution in [1.29, 1.82) is 0 Å². The van der Waals surface area contributed by atoms with Crippen LogP contribution in [0.3, 0.4) is 0 Å². The molecule has 1 aliphatic heterocycles. The highest BCUT2D eigenvalue weighted by atomic mass is 35.5. The number of Topliss-reactive ketones (excluding diaryl/α,β-unsaturated/α-hetero) is 1. The van der Waals surface area contributed by atoms with E-state index in [2.05, 4.69) is 29.2 Å². The number of nitrogens with zero attached hydrogens (tertiary/aromatic N) is 2. The van der Waals surface area contributed by atoms with E-state index < -0.39 is 0 Å². The summed E-state index contributed by atoms with van der Waals surface area (Å²) in [5.74, 6) is 1.25. The molecule has 184 valence electrons. The van der Waals surface area contributed by atoms with E-state index in [-0.39, 0.29) is 5.78 Å². The van der Waals surface area contributed by atoms with Gasteiger partial charge in [-0.15, -0.1) is 11.3 Å². The Balaban J connectivity index is 1.60. The summed E-state index contributed by atoms with van der Waals surface area (Å²) in [6.45, 7) is 1.88. The van der Waals surface area contributed by atoms with Crippen LogP contribution >= 0.6 is 22.9 Å². The molecular formula is C31H25ClN2O2S. The lowest BCUT2D eigenvalue weighted by Gasteiger charge is -2.16. The average Bonchev–Trinajstić information content (AvgIpc) is 3.30. The molecule has 2 heterocycles. The van der Waals surface area contributed by atoms with Gasteiger partial charge in [0.1, 0.15) is 16.5 Å². The molecule has 4 aromatic rings. The Morgan fingerprint density at radius 1 is 0.973 bits per heavy atom. The molecule has 4 nitrogen and oxygen atoms in total. The van der Waals surface area contributed by atoms with Gasteiger partial charge in [0.2, 0.25) is 0 Å². The van der Waals surface area contributed by atoms with Crippen LogP contribution in [0.4, 0.5) is 5.69 Å². The number of allylic oxidation sites excluding steroid dienone is 6. The highest BCUT2D eigenvalue weighted by Gasteiger charge is 2.23. The third kappa shape index (κ3) is 5.58. The number of rotatable bonds is 6. The number of thiazole rings is 1. The quantitative estimate of drug-likeness (QED) is 0.188. The lowest BCUT2D eigenvalue weighted by atomic mass is 9.96. The van der Waals surface area contributed by atoms with Crippen molar-refractivity contribution in [2.75, 3.05) is 19.0 Å². The molecular weight excluding hydrogens is 500 g/mol. The second kappa shape index (κ2) is 10.6. The van der Waals surface area contributed by atoms with Crippen molar-refractivity contribution in [2.45, 2.75) is 6.92 Å². The molecule has 0 spiro atoms. The monoisotopic (exact) mass is 524 g/mol. The zero-order valence-corrected chi connectivity index (χ0v) is 22.3. The summed E-state index contributed by atoms with van der Waals surface area (Å²) in [6, 6.07) is 23.1. The molecule has 0 fully saturated rings. The van der Waals surface area contributed by atoms with E-state index in [0.29, 0.717) is 32.7 Å². The van der Waals surface area contributed by atoms with Crippen molar-refractivity contribution in [3.05, 3.63) is 129 Å². The first-order valence-corrected chi connectivity index (χ1v) is 13.0. The van der Waals surface area contributed by atoms with Crippen LogP contribution in [0.1, 0.15) is 27.9 Å². The van der Waals surface area contributed by atoms with Crippen LogP contribution in [-0.4, -0.2) is 24.9 Å². The third-order valence-electron chi connectivity index (χ3n) is 5.90. The molecule has 0 saturated carbocycles. The number of hydrogen-bond acceptors (Lipinski definition) is 5. The molecule has 3 aromatic carbocycles. The zero-order valence-electron chi connectivity index (χ0n) is 20.7. The summed E-state index contributed by atoms with van der Waals surface area (Å²) in [5, 5.41) is 1.28. The van der Waals surface area contributed by atoms with Crippen molar-refractivity contribution in [2.24, 2.45) is 0 Å². The van der Waals surface area contributed by atoms with Crippen LogP contribution in [0, 0.1) is 0 Å². The minimum Gasteiger partial charge on any atom is -0.462 e. The standard InChI is InChI=1S/C31H25ClN2O2S/c1-20-17-23(18-26(36-20)15-11-21-9-13-25(14-10-21)34(2)3)29(30(35)22-7-5-4-6-8-22)31-33-27-16-12-24(32)19-28(27)37-31/h4-19H,1-3H3. The fourth-order valence-corrected chi connectivity index (χ4v) is 5.34. The van der Waals surface area contributed by atoms with Crippen LogP contribution in [0.15, 0.2) is 108 Å². The van der Waals surface area contributed by atoms with Gasteiger partial charge in [-0.1, -0.05) is 60.1 Å². The summed E-state index contributed by atoms with van der Waals surface area (Å²) in [7, 11) is 4.03. The molecule has 6 heteroatoms. The fourth-order valence-electron chi connectivity index (χ4n) is 4.04. The minimum atomic E-state index is -0.0921. The smallest absolute Gasteiger partial charge is 0.196 e. The SMILES string of the molecule is CC1=CC(=C(C(=O)c2ccccc2)c2nc3ccc(Cl)cc3s2)C=C(C=Cc2ccc(N(C)C)cc2)O1. The normalized spacial score (nSPS) is 14.8. The van der Waals surface area contributed by atoms with E-state index in [9.17, 15) is 4.79 Å². The number of hydrogen-bond donors (Lipinski definition) is 0. The van der Waals surface area contributed by atoms with Gasteiger partial charge in [-0.2, -0.15) is 0 Å². The molecule has 0 unspecified atom stereocenters. The minimum absolute atomic E-state index is 0.0921. The largest absolute Gasteiger partial charge is 0.462 e. The highest BCUT2D eigenvalue weighted by Crippen LogP contribution is 2.35.